The first-order valence-electron chi connectivity index (χ1n) is 1.22. The Morgan fingerprint density at radius 2 is 2.00 bits per heavy atom. The molecule has 0 bridgehead atoms. The minimum atomic E-state index is 0. The molecule has 0 fully saturated rings. The fourth-order valence-corrected chi connectivity index (χ4v) is 0. The molecule has 0 heterocycles. The van der Waals surface area contributed by atoms with Crippen LogP contribution in [0.15, 0.2) is 12.7 Å². The molecule has 0 saturated carbocycles. The average Bonchev–Trinajstić information content (AvgIpc) is 1.37. The molecular weight excluding hydrogens is 64.0 g/mol. The number of hydrogen-bond acceptors (Lipinski definition) is 2. The molecule has 2 nitrogen and oxygen atoms in total. The summed E-state index contributed by atoms with van der Waals surface area (Å²) >= 11 is 0. The molecule has 0 saturated heterocycles. The molecular formula is C3H10N2. The predicted octanol–water partition coefficient (Wildman–Crippen LogP) is 0.293. The van der Waals surface area contributed by atoms with Crippen LogP contribution in [0.4, 0.5) is 0 Å². The molecule has 0 aliphatic carbocycles. The maximum atomic E-state index is 4.91. The van der Waals surface area contributed by atoms with Crippen molar-refractivity contribution in [3.8, 4) is 0 Å². The highest BCUT2D eigenvalue weighted by Gasteiger charge is 1.43. The quantitative estimate of drug-likeness (QED) is 0.439. The van der Waals surface area contributed by atoms with Crippen molar-refractivity contribution in [2.45, 2.75) is 0 Å². The van der Waals surface area contributed by atoms with Gasteiger partial charge in [0.25, 0.3) is 0 Å². The monoisotopic (exact) mass is 74.1 g/mol. The Morgan fingerprint density at radius 3 is 2.00 bits per heavy atom. The number of hydrogen-bond donors (Lipinski definition) is 2. The molecule has 5 heavy (non-hydrogen) atoms. The lowest BCUT2D eigenvalue weighted by Crippen LogP contribution is -1.90. The van der Waals surface area contributed by atoms with Crippen molar-refractivity contribution >= 4 is 0 Å². The van der Waals surface area contributed by atoms with Gasteiger partial charge in [0.2, 0.25) is 0 Å². The summed E-state index contributed by atoms with van der Waals surface area (Å²) in [5, 5.41) is 0. The van der Waals surface area contributed by atoms with E-state index in [4.69, 9.17) is 5.73 Å². The van der Waals surface area contributed by atoms with Crippen LogP contribution in [0.3, 0.4) is 0 Å². The maximum absolute atomic E-state index is 4.91. The zero-order chi connectivity index (χ0) is 3.41. The molecule has 5 N–H and O–H groups in total. The first kappa shape index (κ1) is 8.82. The van der Waals surface area contributed by atoms with Crippen LogP contribution in [0.5, 0.6) is 0 Å². The second-order valence-electron chi connectivity index (χ2n) is 0.524. The van der Waals surface area contributed by atoms with E-state index in [1.54, 1.807) is 6.08 Å². The third-order valence-electron chi connectivity index (χ3n) is 0.167. The van der Waals surface area contributed by atoms with Gasteiger partial charge in [0.1, 0.15) is 0 Å². The summed E-state index contributed by atoms with van der Waals surface area (Å²) in [4.78, 5) is 0. The Kier molecular flexibility index (Phi) is 16.6. The van der Waals surface area contributed by atoms with E-state index in [9.17, 15) is 0 Å². The summed E-state index contributed by atoms with van der Waals surface area (Å²) in [7, 11) is 0. The lowest BCUT2D eigenvalue weighted by molar-refractivity contribution is 1.26. The lowest BCUT2D eigenvalue weighted by Gasteiger charge is -1.61. The highest BCUT2D eigenvalue weighted by atomic mass is 14.5. The summed E-state index contributed by atoms with van der Waals surface area (Å²) in [6, 6.07) is 0. The Labute approximate surface area is 32.3 Å². The van der Waals surface area contributed by atoms with Gasteiger partial charge in [-0.1, -0.05) is 6.08 Å². The molecule has 0 spiro atoms. The van der Waals surface area contributed by atoms with Crippen molar-refractivity contribution in [3.05, 3.63) is 12.7 Å². The third kappa shape index (κ3) is 23.2. The zero-order valence-corrected chi connectivity index (χ0v) is 3.28. The van der Waals surface area contributed by atoms with Gasteiger partial charge in [-0.05, 0) is 0 Å². The van der Waals surface area contributed by atoms with E-state index in [-0.39, 0.29) is 6.15 Å². The molecule has 0 atom stereocenters. The van der Waals surface area contributed by atoms with Crippen molar-refractivity contribution in [1.29, 1.82) is 0 Å². The molecule has 2 heteroatoms. The van der Waals surface area contributed by atoms with Crippen LogP contribution in [0.2, 0.25) is 0 Å². The molecule has 0 aromatic heterocycles. The summed E-state index contributed by atoms with van der Waals surface area (Å²) < 4.78 is 0. The highest BCUT2D eigenvalue weighted by Crippen LogP contribution is 1.40. The zero-order valence-electron chi connectivity index (χ0n) is 3.28. The molecule has 0 unspecified atom stereocenters. The van der Waals surface area contributed by atoms with Gasteiger partial charge in [-0.15, -0.1) is 6.58 Å². The number of rotatable bonds is 1. The molecule has 0 radical (unpaired) electrons. The minimum Gasteiger partial charge on any atom is -0.344 e. The predicted molar refractivity (Wildman–Crippen MR) is 24.3 cm³/mol. The summed E-state index contributed by atoms with van der Waals surface area (Å²) in [5.41, 5.74) is 4.91. The average molecular weight is 74.1 g/mol. The molecule has 0 aromatic carbocycles. The SMILES string of the molecule is C=CCN.N. The second kappa shape index (κ2) is 9.40. The first-order valence-corrected chi connectivity index (χ1v) is 1.22. The largest absolute Gasteiger partial charge is 0.344 e. The standard InChI is InChI=1S/C3H7N.H3N/c1-2-3-4;/h2H,1,3-4H2;1H3. The van der Waals surface area contributed by atoms with Gasteiger partial charge in [-0.3, -0.25) is 0 Å². The van der Waals surface area contributed by atoms with Crippen LogP contribution in [0, 0.1) is 0 Å². The highest BCUT2D eigenvalue weighted by molar-refractivity contribution is 4.64. The minimum absolute atomic E-state index is 0. The van der Waals surface area contributed by atoms with Gasteiger partial charge in [-0.25, -0.2) is 0 Å². The maximum Gasteiger partial charge on any atom is 0.0104 e. The summed E-state index contributed by atoms with van der Waals surface area (Å²) in [6.45, 7) is 3.94. The van der Waals surface area contributed by atoms with Crippen molar-refractivity contribution in [3.63, 3.8) is 0 Å². The van der Waals surface area contributed by atoms with Gasteiger partial charge < -0.3 is 11.9 Å². The Balaban J connectivity index is 0. The topological polar surface area (TPSA) is 61.0 Å². The summed E-state index contributed by atoms with van der Waals surface area (Å²) in [6.07, 6.45) is 1.65. The van der Waals surface area contributed by atoms with Crippen molar-refractivity contribution in [2.24, 2.45) is 5.73 Å². The van der Waals surface area contributed by atoms with Gasteiger partial charge in [0.05, 0.1) is 0 Å². The molecule has 32 valence electrons. The van der Waals surface area contributed by atoms with Gasteiger partial charge in [-0.2, -0.15) is 0 Å². The van der Waals surface area contributed by atoms with E-state index in [0.717, 1.165) is 0 Å². The van der Waals surface area contributed by atoms with Crippen molar-refractivity contribution in [2.75, 3.05) is 6.54 Å². The summed E-state index contributed by atoms with van der Waals surface area (Å²) in [5.74, 6) is 0. The van der Waals surface area contributed by atoms with E-state index in [2.05, 4.69) is 6.58 Å². The van der Waals surface area contributed by atoms with Gasteiger partial charge in [0, 0.05) is 6.54 Å². The first-order chi connectivity index (χ1) is 1.91. The van der Waals surface area contributed by atoms with Crippen LogP contribution >= 0.6 is 0 Å². The molecule has 0 rings (SSSR count). The Hall–Kier alpha value is -0.340. The van der Waals surface area contributed by atoms with Gasteiger partial charge in [0.15, 0.2) is 0 Å². The lowest BCUT2D eigenvalue weighted by atomic mass is 10.7. The van der Waals surface area contributed by atoms with Crippen molar-refractivity contribution < 1.29 is 0 Å². The van der Waals surface area contributed by atoms with Crippen molar-refractivity contribution in [1.82, 2.24) is 6.15 Å². The Morgan fingerprint density at radius 1 is 1.80 bits per heavy atom. The third-order valence-corrected chi connectivity index (χ3v) is 0.167. The molecule has 0 aromatic rings. The van der Waals surface area contributed by atoms with Gasteiger partial charge >= 0.3 is 0 Å². The molecule has 0 amide bonds. The molecule has 0 aliphatic heterocycles. The normalized spacial score (nSPS) is 5.00. The molecule has 0 aliphatic rings. The van der Waals surface area contributed by atoms with E-state index in [1.807, 2.05) is 0 Å². The van der Waals surface area contributed by atoms with Crippen LogP contribution in [0.1, 0.15) is 0 Å². The van der Waals surface area contributed by atoms with Crippen LogP contribution in [-0.4, -0.2) is 6.54 Å². The van der Waals surface area contributed by atoms with Crippen LogP contribution in [0.25, 0.3) is 0 Å². The smallest absolute Gasteiger partial charge is 0.0104 e. The van der Waals surface area contributed by atoms with Crippen LogP contribution < -0.4 is 11.9 Å². The van der Waals surface area contributed by atoms with E-state index >= 15 is 0 Å². The Bertz CT molecular complexity index is 18.9. The fourth-order valence-electron chi connectivity index (χ4n) is 0. The van der Waals surface area contributed by atoms with E-state index in [0.29, 0.717) is 6.54 Å². The fraction of sp³-hybridized carbons (Fsp3) is 0.333. The number of nitrogens with two attached hydrogens (primary N) is 1. The van der Waals surface area contributed by atoms with E-state index in [1.165, 1.54) is 0 Å². The van der Waals surface area contributed by atoms with Crippen LogP contribution in [-0.2, 0) is 0 Å². The van der Waals surface area contributed by atoms with E-state index < -0.39 is 0 Å². The second-order valence-corrected chi connectivity index (χ2v) is 0.524.